The second-order valence-corrected chi connectivity index (χ2v) is 8.52. The first-order valence-corrected chi connectivity index (χ1v) is 11.6. The summed E-state index contributed by atoms with van der Waals surface area (Å²) < 4.78 is 22.2. The first-order chi connectivity index (χ1) is 16.1. The molecular weight excluding hydrogens is 417 g/mol. The molecule has 0 spiro atoms. The van der Waals surface area contributed by atoms with Gasteiger partial charge in [-0.25, -0.2) is 9.37 Å². The fraction of sp³-hybridized carbons (Fsp3) is 0.385. The Morgan fingerprint density at radius 1 is 1.24 bits per heavy atom. The maximum absolute atomic E-state index is 14.4. The Labute approximate surface area is 194 Å². The van der Waals surface area contributed by atoms with Crippen LogP contribution >= 0.6 is 0 Å². The lowest BCUT2D eigenvalue weighted by Gasteiger charge is -2.19. The number of hydrogen-bond donors (Lipinski definition) is 2. The lowest BCUT2D eigenvalue weighted by Crippen LogP contribution is -2.39. The average Bonchev–Trinajstić information content (AvgIpc) is 3.56. The molecule has 3 aromatic rings. The topological polar surface area (TPSA) is 63.5 Å². The minimum atomic E-state index is -0.324. The van der Waals surface area contributed by atoms with Crippen LogP contribution in [0.5, 0.6) is 5.75 Å². The van der Waals surface area contributed by atoms with Gasteiger partial charge in [0.2, 0.25) is 0 Å². The molecule has 0 bridgehead atoms. The Hall–Kier alpha value is -3.35. The van der Waals surface area contributed by atoms with Gasteiger partial charge in [-0.15, -0.1) is 0 Å². The highest BCUT2D eigenvalue weighted by molar-refractivity contribution is 5.80. The molecule has 1 aromatic heterocycles. The van der Waals surface area contributed by atoms with Gasteiger partial charge in [0.25, 0.3) is 0 Å². The summed E-state index contributed by atoms with van der Waals surface area (Å²) in [5.41, 5.74) is 2.08. The monoisotopic (exact) mass is 449 g/mol. The quantitative estimate of drug-likeness (QED) is 0.357. The maximum atomic E-state index is 14.4. The van der Waals surface area contributed by atoms with Gasteiger partial charge in [-0.2, -0.15) is 0 Å². The lowest BCUT2D eigenvalue weighted by atomic mass is 10.1. The predicted molar refractivity (Wildman–Crippen MR) is 129 cm³/mol. The Morgan fingerprint density at radius 3 is 2.79 bits per heavy atom. The van der Waals surface area contributed by atoms with Crippen LogP contribution in [0.4, 0.5) is 4.39 Å². The summed E-state index contributed by atoms with van der Waals surface area (Å²) in [5.74, 6) is 2.27. The van der Waals surface area contributed by atoms with Gasteiger partial charge < -0.3 is 19.9 Å². The Balaban J connectivity index is 1.27. The van der Waals surface area contributed by atoms with E-state index < -0.39 is 0 Å². The van der Waals surface area contributed by atoms with Gasteiger partial charge in [0, 0.05) is 39.0 Å². The van der Waals surface area contributed by atoms with Crippen LogP contribution in [-0.4, -0.2) is 35.7 Å². The Kier molecular flexibility index (Phi) is 7.60. The van der Waals surface area contributed by atoms with Gasteiger partial charge in [-0.1, -0.05) is 36.4 Å². The number of guanidine groups is 1. The highest BCUT2D eigenvalue weighted by Gasteiger charge is 2.22. The molecule has 1 fully saturated rings. The van der Waals surface area contributed by atoms with Crippen LogP contribution in [0.3, 0.4) is 0 Å². The zero-order valence-corrected chi connectivity index (χ0v) is 19.3. The molecule has 1 saturated carbocycles. The van der Waals surface area contributed by atoms with Crippen molar-refractivity contribution in [3.05, 3.63) is 83.7 Å². The number of nitrogens with one attached hydrogen (secondary N) is 2. The highest BCUT2D eigenvalue weighted by Crippen LogP contribution is 2.30. The van der Waals surface area contributed by atoms with Crippen LogP contribution < -0.4 is 15.4 Å². The van der Waals surface area contributed by atoms with Crippen molar-refractivity contribution in [1.82, 2.24) is 20.2 Å². The molecule has 1 aliphatic carbocycles. The van der Waals surface area contributed by atoms with E-state index in [-0.39, 0.29) is 11.9 Å². The second-order valence-electron chi connectivity index (χ2n) is 8.52. The van der Waals surface area contributed by atoms with Crippen LogP contribution in [0.15, 0.2) is 65.9 Å². The number of ether oxygens (including phenoxy) is 1. The number of halogens is 1. The van der Waals surface area contributed by atoms with E-state index in [0.29, 0.717) is 30.8 Å². The Bertz CT molecular complexity index is 1060. The molecule has 2 aromatic carbocycles. The summed E-state index contributed by atoms with van der Waals surface area (Å²) in [6.07, 6.45) is 6.96. The molecule has 33 heavy (non-hydrogen) atoms. The van der Waals surface area contributed by atoms with Gasteiger partial charge in [-0.3, -0.25) is 4.99 Å². The van der Waals surface area contributed by atoms with Crippen molar-refractivity contribution in [2.45, 2.75) is 38.8 Å². The van der Waals surface area contributed by atoms with Gasteiger partial charge in [0.15, 0.2) is 17.5 Å². The predicted octanol–water partition coefficient (Wildman–Crippen LogP) is 4.33. The largest absolute Gasteiger partial charge is 0.490 e. The summed E-state index contributed by atoms with van der Waals surface area (Å²) >= 11 is 0. The zero-order valence-electron chi connectivity index (χ0n) is 19.3. The van der Waals surface area contributed by atoms with Crippen LogP contribution in [0.25, 0.3) is 0 Å². The molecule has 1 aliphatic rings. The van der Waals surface area contributed by atoms with Crippen LogP contribution in [-0.2, 0) is 13.0 Å². The number of nitrogens with zero attached hydrogens (tertiary/aromatic N) is 3. The SMILES string of the molecule is CN=C(NCCc1nccn1Cc1ccccc1)NC(C)c1ccc(OCC2CC2)c(F)c1. The minimum Gasteiger partial charge on any atom is -0.490 e. The fourth-order valence-corrected chi connectivity index (χ4v) is 3.66. The van der Waals surface area contributed by atoms with Crippen molar-refractivity contribution in [1.29, 1.82) is 0 Å². The molecule has 174 valence electrons. The lowest BCUT2D eigenvalue weighted by molar-refractivity contribution is 0.285. The van der Waals surface area contributed by atoms with Crippen molar-refractivity contribution < 1.29 is 9.13 Å². The molecule has 1 atom stereocenters. The third-order valence-electron chi connectivity index (χ3n) is 5.84. The summed E-state index contributed by atoms with van der Waals surface area (Å²) in [4.78, 5) is 8.81. The van der Waals surface area contributed by atoms with Crippen molar-refractivity contribution in [3.8, 4) is 5.75 Å². The van der Waals surface area contributed by atoms with Crippen LogP contribution in [0.1, 0.15) is 42.8 Å². The number of benzene rings is 2. The van der Waals surface area contributed by atoms with E-state index in [4.69, 9.17) is 4.74 Å². The maximum Gasteiger partial charge on any atom is 0.191 e. The smallest absolute Gasteiger partial charge is 0.191 e. The van der Waals surface area contributed by atoms with Crippen LogP contribution in [0, 0.1) is 11.7 Å². The van der Waals surface area contributed by atoms with Crippen LogP contribution in [0.2, 0.25) is 0 Å². The van der Waals surface area contributed by atoms with E-state index in [9.17, 15) is 4.39 Å². The number of imidazole rings is 1. The van der Waals surface area contributed by atoms with Crippen molar-refractivity contribution in [3.63, 3.8) is 0 Å². The van der Waals surface area contributed by atoms with E-state index in [1.807, 2.05) is 43.6 Å². The molecule has 0 amide bonds. The molecule has 7 heteroatoms. The minimum absolute atomic E-state index is 0.108. The molecule has 2 N–H and O–H groups in total. The number of aromatic nitrogens is 2. The zero-order chi connectivity index (χ0) is 23.0. The van der Waals surface area contributed by atoms with E-state index >= 15 is 0 Å². The number of aliphatic imine (C=N–C) groups is 1. The molecular formula is C26H32FN5O. The van der Waals surface area contributed by atoms with E-state index in [1.54, 1.807) is 13.1 Å². The first kappa shape index (κ1) is 22.8. The second kappa shape index (κ2) is 11.0. The third kappa shape index (κ3) is 6.57. The van der Waals surface area contributed by atoms with Gasteiger partial charge in [0.1, 0.15) is 5.82 Å². The number of hydrogen-bond acceptors (Lipinski definition) is 3. The first-order valence-electron chi connectivity index (χ1n) is 11.6. The third-order valence-corrected chi connectivity index (χ3v) is 5.84. The molecule has 0 aliphatic heterocycles. The van der Waals surface area contributed by atoms with E-state index in [2.05, 4.69) is 37.3 Å². The summed E-state index contributed by atoms with van der Waals surface area (Å²) in [6.45, 7) is 4.07. The van der Waals surface area contributed by atoms with E-state index in [0.717, 1.165) is 24.4 Å². The summed E-state index contributed by atoms with van der Waals surface area (Å²) in [7, 11) is 1.73. The Morgan fingerprint density at radius 2 is 2.06 bits per heavy atom. The standard InChI is InChI=1S/C26H32FN5O/c1-19(22-10-11-24(23(27)16-22)33-18-21-8-9-21)31-26(28-2)30-13-12-25-29-14-15-32(25)17-20-6-4-3-5-7-20/h3-7,10-11,14-16,19,21H,8-9,12-13,17-18H2,1-2H3,(H2,28,30,31). The molecule has 0 radical (unpaired) electrons. The van der Waals surface area contributed by atoms with Gasteiger partial charge >= 0.3 is 0 Å². The fourth-order valence-electron chi connectivity index (χ4n) is 3.66. The molecule has 6 nitrogen and oxygen atoms in total. The average molecular weight is 450 g/mol. The molecule has 1 heterocycles. The van der Waals surface area contributed by atoms with Gasteiger partial charge in [-0.05, 0) is 48.9 Å². The van der Waals surface area contributed by atoms with Crippen molar-refractivity contribution in [2.75, 3.05) is 20.2 Å². The number of rotatable bonds is 10. The van der Waals surface area contributed by atoms with Gasteiger partial charge in [0.05, 0.1) is 12.6 Å². The molecule has 4 rings (SSSR count). The molecule has 1 unspecified atom stereocenters. The van der Waals surface area contributed by atoms with Crippen molar-refractivity contribution in [2.24, 2.45) is 10.9 Å². The van der Waals surface area contributed by atoms with Crippen molar-refractivity contribution >= 4 is 5.96 Å². The normalized spacial score (nSPS) is 14.7. The highest BCUT2D eigenvalue weighted by atomic mass is 19.1. The summed E-state index contributed by atoms with van der Waals surface area (Å²) in [6, 6.07) is 15.4. The summed E-state index contributed by atoms with van der Waals surface area (Å²) in [5, 5.41) is 6.66. The molecule has 0 saturated heterocycles. The van der Waals surface area contributed by atoms with E-state index in [1.165, 1.54) is 24.5 Å².